The van der Waals surface area contributed by atoms with E-state index in [0.29, 0.717) is 29.4 Å². The molecule has 0 fully saturated rings. The first-order chi connectivity index (χ1) is 15.1. The lowest BCUT2D eigenvalue weighted by Crippen LogP contribution is -2.13. The number of benzene rings is 3. The Morgan fingerprint density at radius 1 is 0.968 bits per heavy atom. The minimum absolute atomic E-state index is 0.289. The average molecular weight is 432 g/mol. The smallest absolute Gasteiger partial charge is 0.262 e. The Morgan fingerprint density at radius 2 is 1.65 bits per heavy atom. The number of ether oxygens (including phenoxy) is 1. The van der Waals surface area contributed by atoms with Crippen LogP contribution in [0.4, 0.5) is 5.69 Å². The first kappa shape index (κ1) is 20.7. The number of hydrogen-bond acceptors (Lipinski definition) is 3. The van der Waals surface area contributed by atoms with E-state index in [4.69, 9.17) is 16.3 Å². The van der Waals surface area contributed by atoms with Crippen LogP contribution in [0, 0.1) is 6.92 Å². The number of nitrogens with one attached hydrogen (secondary N) is 1. The van der Waals surface area contributed by atoms with E-state index in [0.717, 1.165) is 16.7 Å². The van der Waals surface area contributed by atoms with Crippen LogP contribution in [0.5, 0.6) is 5.88 Å². The van der Waals surface area contributed by atoms with Crippen LogP contribution in [-0.2, 0) is 13.2 Å². The monoisotopic (exact) mass is 431 g/mol. The molecule has 156 valence electrons. The van der Waals surface area contributed by atoms with E-state index >= 15 is 0 Å². The van der Waals surface area contributed by atoms with Crippen LogP contribution < -0.4 is 10.1 Å². The van der Waals surface area contributed by atoms with Crippen molar-refractivity contribution in [2.45, 2.75) is 20.1 Å². The van der Waals surface area contributed by atoms with Gasteiger partial charge in [-0.25, -0.2) is 0 Å². The number of rotatable bonds is 7. The fourth-order valence-corrected chi connectivity index (χ4v) is 3.35. The lowest BCUT2D eigenvalue weighted by atomic mass is 10.2. The molecule has 0 radical (unpaired) electrons. The number of carbonyl (C=O) groups is 1. The Bertz CT molecular complexity index is 1170. The van der Waals surface area contributed by atoms with Crippen LogP contribution >= 0.6 is 11.6 Å². The highest BCUT2D eigenvalue weighted by molar-refractivity contribution is 6.31. The summed E-state index contributed by atoms with van der Waals surface area (Å²) >= 11 is 6.19. The van der Waals surface area contributed by atoms with E-state index in [9.17, 15) is 4.79 Å². The number of carbonyl (C=O) groups excluding carboxylic acids is 1. The third kappa shape index (κ3) is 5.13. The number of nitrogens with zero attached hydrogens (tertiary/aromatic N) is 2. The molecule has 1 heterocycles. The van der Waals surface area contributed by atoms with E-state index in [1.807, 2.05) is 73.7 Å². The predicted octanol–water partition coefficient (Wildman–Crippen LogP) is 5.72. The molecule has 0 aliphatic carbocycles. The second-order valence-electron chi connectivity index (χ2n) is 7.17. The van der Waals surface area contributed by atoms with Crippen LogP contribution in [0.25, 0.3) is 0 Å². The molecular formula is C25H22ClN3O2. The van der Waals surface area contributed by atoms with Gasteiger partial charge in [-0.3, -0.25) is 9.48 Å². The largest absolute Gasteiger partial charge is 0.471 e. The second kappa shape index (κ2) is 9.49. The molecule has 6 heteroatoms. The summed E-state index contributed by atoms with van der Waals surface area (Å²) in [5, 5.41) is 8.05. The molecule has 0 aliphatic heterocycles. The molecule has 0 unspecified atom stereocenters. The number of anilines is 1. The van der Waals surface area contributed by atoms with Crippen LogP contribution in [0.3, 0.4) is 0 Å². The van der Waals surface area contributed by atoms with Gasteiger partial charge >= 0.3 is 0 Å². The molecule has 4 aromatic rings. The number of aromatic nitrogens is 2. The standard InChI is InChI=1S/C25H22ClN3O2/c1-18-22(26)13-8-14-23(18)27-24(30)21-16-29(15-19-9-4-2-5-10-19)28-25(21)31-17-20-11-6-3-7-12-20/h2-14,16H,15,17H2,1H3,(H,27,30). The quantitative estimate of drug-likeness (QED) is 0.407. The lowest BCUT2D eigenvalue weighted by Gasteiger charge is -2.10. The molecule has 3 aromatic carbocycles. The van der Waals surface area contributed by atoms with E-state index in [2.05, 4.69) is 10.4 Å². The normalized spacial score (nSPS) is 10.6. The number of hydrogen-bond donors (Lipinski definition) is 1. The maximum atomic E-state index is 13.1. The number of halogens is 1. The topological polar surface area (TPSA) is 56.2 Å². The van der Waals surface area contributed by atoms with Crippen molar-refractivity contribution in [2.24, 2.45) is 0 Å². The van der Waals surface area contributed by atoms with Crippen molar-refractivity contribution in [1.29, 1.82) is 0 Å². The van der Waals surface area contributed by atoms with Gasteiger partial charge in [0.05, 0.1) is 6.54 Å². The fraction of sp³-hybridized carbons (Fsp3) is 0.120. The van der Waals surface area contributed by atoms with Crippen molar-refractivity contribution in [2.75, 3.05) is 5.32 Å². The first-order valence-corrected chi connectivity index (χ1v) is 10.3. The third-order valence-electron chi connectivity index (χ3n) is 4.89. The Hall–Kier alpha value is -3.57. The van der Waals surface area contributed by atoms with Gasteiger partial charge in [0.15, 0.2) is 0 Å². The summed E-state index contributed by atoms with van der Waals surface area (Å²) in [6.07, 6.45) is 1.71. The van der Waals surface area contributed by atoms with Crippen LogP contribution in [0.15, 0.2) is 85.1 Å². The molecule has 5 nitrogen and oxygen atoms in total. The Kier molecular flexibility index (Phi) is 6.34. The van der Waals surface area contributed by atoms with Crippen LogP contribution in [0.2, 0.25) is 5.02 Å². The van der Waals surface area contributed by atoms with Gasteiger partial charge < -0.3 is 10.1 Å². The third-order valence-corrected chi connectivity index (χ3v) is 5.30. The molecule has 4 rings (SSSR count). The summed E-state index contributed by atoms with van der Waals surface area (Å²) in [4.78, 5) is 13.1. The summed E-state index contributed by atoms with van der Waals surface area (Å²) in [5.74, 6) is -0.00953. The molecule has 1 N–H and O–H groups in total. The van der Waals surface area contributed by atoms with Crippen molar-refractivity contribution in [1.82, 2.24) is 9.78 Å². The first-order valence-electron chi connectivity index (χ1n) is 9.95. The Balaban J connectivity index is 1.60. The van der Waals surface area contributed by atoms with E-state index in [1.165, 1.54) is 0 Å². The summed E-state index contributed by atoms with van der Waals surface area (Å²) in [6, 6.07) is 25.1. The molecule has 0 saturated carbocycles. The zero-order valence-corrected chi connectivity index (χ0v) is 17.8. The maximum Gasteiger partial charge on any atom is 0.262 e. The highest BCUT2D eigenvalue weighted by atomic mass is 35.5. The summed E-state index contributed by atoms with van der Waals surface area (Å²) in [7, 11) is 0. The molecule has 0 bridgehead atoms. The van der Waals surface area contributed by atoms with Gasteiger partial charge in [0, 0.05) is 16.9 Å². The van der Waals surface area contributed by atoms with Gasteiger partial charge in [-0.1, -0.05) is 78.3 Å². The van der Waals surface area contributed by atoms with Crippen LogP contribution in [0.1, 0.15) is 27.0 Å². The average Bonchev–Trinajstić information content (AvgIpc) is 3.19. The molecule has 0 saturated heterocycles. The predicted molar refractivity (Wildman–Crippen MR) is 123 cm³/mol. The maximum absolute atomic E-state index is 13.1. The SMILES string of the molecule is Cc1c(Cl)cccc1NC(=O)c1cn(Cc2ccccc2)nc1OCc1ccccc1. The lowest BCUT2D eigenvalue weighted by molar-refractivity contribution is 0.102. The van der Waals surface area contributed by atoms with Crippen molar-refractivity contribution < 1.29 is 9.53 Å². The zero-order valence-electron chi connectivity index (χ0n) is 17.1. The van der Waals surface area contributed by atoms with Crippen molar-refractivity contribution >= 4 is 23.2 Å². The van der Waals surface area contributed by atoms with Crippen molar-refractivity contribution in [3.05, 3.63) is 112 Å². The van der Waals surface area contributed by atoms with Gasteiger partial charge in [-0.2, -0.15) is 0 Å². The highest BCUT2D eigenvalue weighted by Crippen LogP contribution is 2.25. The highest BCUT2D eigenvalue weighted by Gasteiger charge is 2.19. The van der Waals surface area contributed by atoms with Gasteiger partial charge in [0.25, 0.3) is 5.91 Å². The Labute approximate surface area is 186 Å². The summed E-state index contributed by atoms with van der Waals surface area (Å²) < 4.78 is 7.65. The molecule has 0 spiro atoms. The second-order valence-corrected chi connectivity index (χ2v) is 7.58. The van der Waals surface area contributed by atoms with E-state index in [1.54, 1.807) is 23.0 Å². The molecule has 0 aliphatic rings. The van der Waals surface area contributed by atoms with Gasteiger partial charge in [0.1, 0.15) is 12.2 Å². The summed E-state index contributed by atoms with van der Waals surface area (Å²) in [6.45, 7) is 2.72. The minimum atomic E-state index is -0.298. The van der Waals surface area contributed by atoms with Crippen LogP contribution in [-0.4, -0.2) is 15.7 Å². The zero-order chi connectivity index (χ0) is 21.6. The Morgan fingerprint density at radius 3 is 2.35 bits per heavy atom. The van der Waals surface area contributed by atoms with Gasteiger partial charge in [0.2, 0.25) is 5.88 Å². The van der Waals surface area contributed by atoms with E-state index in [-0.39, 0.29) is 11.8 Å². The molecule has 1 amide bonds. The number of amides is 1. The van der Waals surface area contributed by atoms with Crippen molar-refractivity contribution in [3.8, 4) is 5.88 Å². The molecule has 0 atom stereocenters. The minimum Gasteiger partial charge on any atom is -0.471 e. The van der Waals surface area contributed by atoms with E-state index < -0.39 is 0 Å². The van der Waals surface area contributed by atoms with Crippen molar-refractivity contribution in [3.63, 3.8) is 0 Å². The van der Waals surface area contributed by atoms with Gasteiger partial charge in [-0.05, 0) is 35.7 Å². The molecule has 31 heavy (non-hydrogen) atoms. The summed E-state index contributed by atoms with van der Waals surface area (Å²) in [5.41, 5.74) is 3.91. The van der Waals surface area contributed by atoms with Gasteiger partial charge in [-0.15, -0.1) is 5.10 Å². The molecular weight excluding hydrogens is 410 g/mol. The molecule has 1 aromatic heterocycles. The fourth-order valence-electron chi connectivity index (χ4n) is 3.18.